The number of thiophene rings is 1. The molecule has 0 radical (unpaired) electrons. The molecular weight excluding hydrogens is 242 g/mol. The molecule has 0 aliphatic heterocycles. The smallest absolute Gasteiger partial charge is 0.348 e. The minimum absolute atomic E-state index is 0.124. The van der Waals surface area contributed by atoms with Gasteiger partial charge >= 0.3 is 5.97 Å². The number of aryl methyl sites for hydroxylation is 1. The van der Waals surface area contributed by atoms with Gasteiger partial charge in [0.1, 0.15) is 4.88 Å². The summed E-state index contributed by atoms with van der Waals surface area (Å²) in [7, 11) is 0. The summed E-state index contributed by atoms with van der Waals surface area (Å²) in [6, 6.07) is 0. The SMILES string of the molecule is Cc1csc(C(=O)O)c1NC(=O)c1cn[nH]c1. The second-order valence-corrected chi connectivity index (χ2v) is 4.25. The third-order valence-electron chi connectivity index (χ3n) is 2.17. The minimum atomic E-state index is -1.05. The first kappa shape index (κ1) is 11.3. The van der Waals surface area contributed by atoms with E-state index in [9.17, 15) is 9.59 Å². The van der Waals surface area contributed by atoms with Crippen LogP contribution in [0.15, 0.2) is 17.8 Å². The number of H-pyrrole nitrogens is 1. The molecule has 3 N–H and O–H groups in total. The molecule has 0 atom stereocenters. The van der Waals surface area contributed by atoms with Crippen LogP contribution in [-0.2, 0) is 0 Å². The fourth-order valence-electron chi connectivity index (χ4n) is 1.32. The van der Waals surface area contributed by atoms with E-state index in [0.717, 1.165) is 16.9 Å². The van der Waals surface area contributed by atoms with E-state index < -0.39 is 5.97 Å². The van der Waals surface area contributed by atoms with Crippen LogP contribution in [0.25, 0.3) is 0 Å². The van der Waals surface area contributed by atoms with Gasteiger partial charge in [-0.1, -0.05) is 0 Å². The number of hydrogen-bond acceptors (Lipinski definition) is 4. The molecule has 2 heterocycles. The van der Waals surface area contributed by atoms with Crippen molar-refractivity contribution < 1.29 is 14.7 Å². The van der Waals surface area contributed by atoms with Gasteiger partial charge in [-0.15, -0.1) is 11.3 Å². The Labute approximate surface area is 100 Å². The van der Waals surface area contributed by atoms with Gasteiger partial charge in [-0.25, -0.2) is 4.79 Å². The average Bonchev–Trinajstić information content (AvgIpc) is 2.89. The molecule has 0 aliphatic carbocycles. The average molecular weight is 251 g/mol. The predicted octanol–water partition coefficient (Wildman–Crippen LogP) is 1.73. The van der Waals surface area contributed by atoms with Crippen LogP contribution >= 0.6 is 11.3 Å². The highest BCUT2D eigenvalue weighted by molar-refractivity contribution is 7.12. The Kier molecular flexibility index (Phi) is 2.92. The van der Waals surface area contributed by atoms with E-state index in [2.05, 4.69) is 15.5 Å². The Morgan fingerprint density at radius 2 is 2.29 bits per heavy atom. The van der Waals surface area contributed by atoms with E-state index in [4.69, 9.17) is 5.11 Å². The first-order valence-electron chi connectivity index (χ1n) is 4.71. The normalized spacial score (nSPS) is 10.2. The van der Waals surface area contributed by atoms with Crippen molar-refractivity contribution >= 4 is 28.9 Å². The van der Waals surface area contributed by atoms with Gasteiger partial charge in [0.15, 0.2) is 0 Å². The number of carbonyl (C=O) groups is 2. The molecule has 0 spiro atoms. The van der Waals surface area contributed by atoms with Crippen LogP contribution in [0.3, 0.4) is 0 Å². The lowest BCUT2D eigenvalue weighted by Crippen LogP contribution is -2.13. The predicted molar refractivity (Wildman–Crippen MR) is 62.6 cm³/mol. The van der Waals surface area contributed by atoms with Crippen molar-refractivity contribution in [3.05, 3.63) is 33.8 Å². The summed E-state index contributed by atoms with van der Waals surface area (Å²) < 4.78 is 0. The number of nitrogens with one attached hydrogen (secondary N) is 2. The molecule has 2 aromatic rings. The van der Waals surface area contributed by atoms with Crippen LogP contribution in [0.2, 0.25) is 0 Å². The topological polar surface area (TPSA) is 95.1 Å². The number of carboxylic acid groups (broad SMARTS) is 1. The quantitative estimate of drug-likeness (QED) is 0.774. The Morgan fingerprint density at radius 1 is 1.53 bits per heavy atom. The Bertz CT molecular complexity index is 559. The van der Waals surface area contributed by atoms with E-state index in [0.29, 0.717) is 11.3 Å². The standard InChI is InChI=1S/C10H9N3O3S/c1-5-4-17-8(10(15)16)7(5)13-9(14)6-2-11-12-3-6/h2-4H,1H3,(H,11,12)(H,13,14)(H,15,16). The van der Waals surface area contributed by atoms with Gasteiger partial charge < -0.3 is 10.4 Å². The molecule has 2 aromatic heterocycles. The van der Waals surface area contributed by atoms with E-state index in [1.165, 1.54) is 12.4 Å². The third-order valence-corrected chi connectivity index (χ3v) is 3.25. The van der Waals surface area contributed by atoms with E-state index in [1.807, 2.05) is 0 Å². The third kappa shape index (κ3) is 2.18. The van der Waals surface area contributed by atoms with E-state index in [1.54, 1.807) is 12.3 Å². The molecule has 7 heteroatoms. The Morgan fingerprint density at radius 3 is 2.88 bits per heavy atom. The number of nitrogens with zero attached hydrogens (tertiary/aromatic N) is 1. The van der Waals surface area contributed by atoms with Crippen LogP contribution < -0.4 is 5.32 Å². The zero-order valence-corrected chi connectivity index (χ0v) is 9.67. The summed E-state index contributed by atoms with van der Waals surface area (Å²) in [4.78, 5) is 22.8. The van der Waals surface area contributed by atoms with Crippen LogP contribution in [-0.4, -0.2) is 27.2 Å². The molecule has 0 saturated heterocycles. The van der Waals surface area contributed by atoms with Crippen molar-refractivity contribution in [2.45, 2.75) is 6.92 Å². The number of hydrogen-bond donors (Lipinski definition) is 3. The summed E-state index contributed by atoms with van der Waals surface area (Å²) >= 11 is 1.09. The lowest BCUT2D eigenvalue weighted by atomic mass is 10.2. The van der Waals surface area contributed by atoms with Gasteiger partial charge in [0.05, 0.1) is 17.4 Å². The molecule has 0 bridgehead atoms. The molecule has 2 rings (SSSR count). The highest BCUT2D eigenvalue weighted by Crippen LogP contribution is 2.27. The molecule has 0 aromatic carbocycles. The van der Waals surface area contributed by atoms with Crippen LogP contribution in [0, 0.1) is 6.92 Å². The summed E-state index contributed by atoms with van der Waals surface area (Å²) in [5, 5.41) is 19.4. The molecule has 1 amide bonds. The molecule has 0 fully saturated rings. The largest absolute Gasteiger partial charge is 0.477 e. The monoisotopic (exact) mass is 251 g/mol. The Hall–Kier alpha value is -2.15. The highest BCUT2D eigenvalue weighted by atomic mass is 32.1. The summed E-state index contributed by atoms with van der Waals surface area (Å²) in [5.41, 5.74) is 1.42. The molecule has 0 saturated carbocycles. The second-order valence-electron chi connectivity index (χ2n) is 3.37. The maximum Gasteiger partial charge on any atom is 0.348 e. The van der Waals surface area contributed by atoms with Gasteiger partial charge in [0.25, 0.3) is 5.91 Å². The van der Waals surface area contributed by atoms with Gasteiger partial charge in [0.2, 0.25) is 0 Å². The van der Waals surface area contributed by atoms with Crippen molar-refractivity contribution in [3.63, 3.8) is 0 Å². The maximum atomic E-state index is 11.7. The Balaban J connectivity index is 2.27. The first-order chi connectivity index (χ1) is 8.09. The first-order valence-corrected chi connectivity index (χ1v) is 5.59. The molecule has 17 heavy (non-hydrogen) atoms. The maximum absolute atomic E-state index is 11.7. The highest BCUT2D eigenvalue weighted by Gasteiger charge is 2.18. The lowest BCUT2D eigenvalue weighted by Gasteiger charge is -2.04. The van der Waals surface area contributed by atoms with Gasteiger partial charge in [-0.2, -0.15) is 5.10 Å². The van der Waals surface area contributed by atoms with E-state index >= 15 is 0 Å². The fourth-order valence-corrected chi connectivity index (χ4v) is 2.16. The number of amides is 1. The van der Waals surface area contributed by atoms with Crippen molar-refractivity contribution in [1.82, 2.24) is 10.2 Å². The number of aromatic carboxylic acids is 1. The van der Waals surface area contributed by atoms with Crippen molar-refractivity contribution in [1.29, 1.82) is 0 Å². The van der Waals surface area contributed by atoms with E-state index in [-0.39, 0.29) is 10.8 Å². The molecule has 88 valence electrons. The summed E-state index contributed by atoms with van der Waals surface area (Å²) in [5.74, 6) is -1.44. The summed E-state index contributed by atoms with van der Waals surface area (Å²) in [6.45, 7) is 1.74. The number of carboxylic acids is 1. The van der Waals surface area contributed by atoms with Gasteiger partial charge in [-0.3, -0.25) is 9.89 Å². The van der Waals surface area contributed by atoms with Gasteiger partial charge in [-0.05, 0) is 17.9 Å². The number of carbonyl (C=O) groups excluding carboxylic acids is 1. The zero-order chi connectivity index (χ0) is 12.4. The van der Waals surface area contributed by atoms with Crippen molar-refractivity contribution in [2.24, 2.45) is 0 Å². The summed E-state index contributed by atoms with van der Waals surface area (Å²) in [6.07, 6.45) is 2.81. The zero-order valence-electron chi connectivity index (χ0n) is 8.85. The number of rotatable bonds is 3. The van der Waals surface area contributed by atoms with Crippen molar-refractivity contribution in [2.75, 3.05) is 5.32 Å². The number of aromatic nitrogens is 2. The second kappa shape index (κ2) is 4.38. The van der Waals surface area contributed by atoms with Gasteiger partial charge in [0, 0.05) is 6.20 Å². The van der Waals surface area contributed by atoms with Crippen LogP contribution in [0.4, 0.5) is 5.69 Å². The number of aromatic amines is 1. The van der Waals surface area contributed by atoms with Crippen molar-refractivity contribution in [3.8, 4) is 0 Å². The molecular formula is C10H9N3O3S. The number of anilines is 1. The molecule has 0 aliphatic rings. The van der Waals surface area contributed by atoms with Crippen LogP contribution in [0.5, 0.6) is 0 Å². The lowest BCUT2D eigenvalue weighted by molar-refractivity contribution is 0.0703. The molecule has 6 nitrogen and oxygen atoms in total. The molecule has 0 unspecified atom stereocenters. The fraction of sp³-hybridized carbons (Fsp3) is 0.100. The van der Waals surface area contributed by atoms with Crippen LogP contribution in [0.1, 0.15) is 25.6 Å². The minimum Gasteiger partial charge on any atom is -0.477 e.